The van der Waals surface area contributed by atoms with E-state index >= 15 is 0 Å². The molecule has 3 N–H and O–H groups in total. The highest BCUT2D eigenvalue weighted by Gasteiger charge is 2.15. The van der Waals surface area contributed by atoms with E-state index in [1.165, 1.54) is 5.56 Å². The van der Waals surface area contributed by atoms with Crippen LogP contribution in [0.1, 0.15) is 31.7 Å². The molecular formula is C18H31N5O. The number of pyridine rings is 1. The van der Waals surface area contributed by atoms with Crippen LogP contribution in [0.5, 0.6) is 0 Å². The monoisotopic (exact) mass is 333 g/mol. The zero-order chi connectivity index (χ0) is 17.2. The molecule has 2 heterocycles. The molecule has 1 saturated heterocycles. The Kier molecular flexibility index (Phi) is 7.98. The lowest BCUT2D eigenvalue weighted by Crippen LogP contribution is -2.39. The van der Waals surface area contributed by atoms with Crippen molar-refractivity contribution in [3.05, 3.63) is 30.1 Å². The second-order valence-electron chi connectivity index (χ2n) is 6.60. The summed E-state index contributed by atoms with van der Waals surface area (Å²) >= 11 is 0. The predicted molar refractivity (Wildman–Crippen MR) is 98.2 cm³/mol. The minimum absolute atomic E-state index is 0.340. The van der Waals surface area contributed by atoms with Gasteiger partial charge in [-0.05, 0) is 30.5 Å². The fourth-order valence-corrected chi connectivity index (χ4v) is 2.89. The number of morpholine rings is 1. The Labute approximate surface area is 145 Å². The number of nitrogens with one attached hydrogen (secondary N) is 1. The molecule has 134 valence electrons. The Morgan fingerprint density at radius 1 is 1.42 bits per heavy atom. The van der Waals surface area contributed by atoms with Crippen molar-refractivity contribution in [1.29, 1.82) is 0 Å². The van der Waals surface area contributed by atoms with Gasteiger partial charge in [0.05, 0.1) is 13.2 Å². The van der Waals surface area contributed by atoms with Crippen LogP contribution in [0.25, 0.3) is 0 Å². The Morgan fingerprint density at radius 2 is 2.21 bits per heavy atom. The summed E-state index contributed by atoms with van der Waals surface area (Å²) in [5.41, 5.74) is 7.23. The van der Waals surface area contributed by atoms with Crippen LogP contribution in [-0.2, 0) is 4.74 Å². The number of nitrogens with zero attached hydrogens (tertiary/aromatic N) is 3. The van der Waals surface area contributed by atoms with Crippen LogP contribution < -0.4 is 11.1 Å². The van der Waals surface area contributed by atoms with Gasteiger partial charge in [0.25, 0.3) is 0 Å². The molecule has 0 radical (unpaired) electrons. The van der Waals surface area contributed by atoms with E-state index < -0.39 is 0 Å². The molecule has 0 spiro atoms. The first-order chi connectivity index (χ1) is 11.7. The van der Waals surface area contributed by atoms with Crippen LogP contribution in [0, 0.1) is 5.92 Å². The summed E-state index contributed by atoms with van der Waals surface area (Å²) in [5.74, 6) is 1.37. The lowest BCUT2D eigenvalue weighted by atomic mass is 9.89. The molecule has 2 rings (SSSR count). The topological polar surface area (TPSA) is 75.8 Å². The summed E-state index contributed by atoms with van der Waals surface area (Å²) in [6.07, 6.45) is 4.78. The third-order valence-corrected chi connectivity index (χ3v) is 4.44. The molecule has 1 aliphatic rings. The molecule has 0 aromatic carbocycles. The molecule has 1 aromatic heterocycles. The van der Waals surface area contributed by atoms with Crippen LogP contribution in [0.4, 0.5) is 0 Å². The predicted octanol–water partition coefficient (Wildman–Crippen LogP) is 1.45. The minimum atomic E-state index is 0.340. The van der Waals surface area contributed by atoms with Gasteiger partial charge in [-0.2, -0.15) is 0 Å². The van der Waals surface area contributed by atoms with E-state index in [-0.39, 0.29) is 0 Å². The van der Waals surface area contributed by atoms with E-state index in [1.807, 2.05) is 12.3 Å². The lowest BCUT2D eigenvalue weighted by Gasteiger charge is -2.26. The first-order valence-electron chi connectivity index (χ1n) is 8.90. The standard InChI is InChI=1S/C18H31N5O/c1-15(2)17(16-5-3-6-20-13-16)14-22-18(19)21-7-4-8-23-9-11-24-12-10-23/h3,5-6,13,15,17H,4,7-12,14H2,1-2H3,(H3,19,21,22). The van der Waals surface area contributed by atoms with Crippen molar-refractivity contribution in [3.63, 3.8) is 0 Å². The highest BCUT2D eigenvalue weighted by molar-refractivity contribution is 5.77. The Balaban J connectivity index is 1.71. The van der Waals surface area contributed by atoms with E-state index in [2.05, 4.69) is 40.1 Å². The van der Waals surface area contributed by atoms with E-state index in [1.54, 1.807) is 6.20 Å². The minimum Gasteiger partial charge on any atom is -0.379 e. The summed E-state index contributed by atoms with van der Waals surface area (Å²) in [5, 5.41) is 3.22. The number of rotatable bonds is 8. The molecule has 1 fully saturated rings. The summed E-state index contributed by atoms with van der Waals surface area (Å²) in [6.45, 7) is 10.8. The van der Waals surface area contributed by atoms with Gasteiger partial charge in [-0.3, -0.25) is 14.9 Å². The molecule has 1 unspecified atom stereocenters. The molecule has 6 nitrogen and oxygen atoms in total. The van der Waals surface area contributed by atoms with Gasteiger partial charge >= 0.3 is 0 Å². The number of guanidine groups is 1. The largest absolute Gasteiger partial charge is 0.379 e. The maximum atomic E-state index is 6.01. The smallest absolute Gasteiger partial charge is 0.188 e. The average molecular weight is 333 g/mol. The third kappa shape index (κ3) is 6.45. The summed E-state index contributed by atoms with van der Waals surface area (Å²) in [6, 6.07) is 4.08. The van der Waals surface area contributed by atoms with Crippen LogP contribution in [0.2, 0.25) is 0 Å². The first-order valence-corrected chi connectivity index (χ1v) is 8.90. The molecule has 24 heavy (non-hydrogen) atoms. The van der Waals surface area contributed by atoms with Gasteiger partial charge in [0.15, 0.2) is 5.96 Å². The van der Waals surface area contributed by atoms with E-state index in [0.29, 0.717) is 24.3 Å². The van der Waals surface area contributed by atoms with Crippen molar-refractivity contribution in [2.75, 3.05) is 45.9 Å². The number of aromatic nitrogens is 1. The van der Waals surface area contributed by atoms with E-state index in [4.69, 9.17) is 10.5 Å². The summed E-state index contributed by atoms with van der Waals surface area (Å²) in [4.78, 5) is 11.2. The normalized spacial score (nSPS) is 17.9. The number of hydrogen-bond donors (Lipinski definition) is 2. The highest BCUT2D eigenvalue weighted by Crippen LogP contribution is 2.23. The first kappa shape index (κ1) is 18.7. The van der Waals surface area contributed by atoms with Crippen molar-refractivity contribution in [2.24, 2.45) is 16.6 Å². The quantitative estimate of drug-likeness (QED) is 0.428. The van der Waals surface area contributed by atoms with Gasteiger partial charge in [-0.1, -0.05) is 19.9 Å². The van der Waals surface area contributed by atoms with Gasteiger partial charge in [0.2, 0.25) is 0 Å². The molecule has 1 atom stereocenters. The third-order valence-electron chi connectivity index (χ3n) is 4.44. The van der Waals surface area contributed by atoms with Gasteiger partial charge < -0.3 is 15.8 Å². The van der Waals surface area contributed by atoms with Crippen LogP contribution in [-0.4, -0.2) is 61.8 Å². The fourth-order valence-electron chi connectivity index (χ4n) is 2.89. The molecule has 0 bridgehead atoms. The second kappa shape index (κ2) is 10.3. The van der Waals surface area contributed by atoms with Crippen molar-refractivity contribution in [3.8, 4) is 0 Å². The Bertz CT molecular complexity index is 485. The van der Waals surface area contributed by atoms with Crippen molar-refractivity contribution in [1.82, 2.24) is 15.2 Å². The number of ether oxygens (including phenoxy) is 1. The van der Waals surface area contributed by atoms with Crippen molar-refractivity contribution >= 4 is 5.96 Å². The molecule has 0 amide bonds. The zero-order valence-electron chi connectivity index (χ0n) is 14.9. The number of nitrogens with two attached hydrogens (primary N) is 1. The van der Waals surface area contributed by atoms with Crippen molar-refractivity contribution < 1.29 is 4.74 Å². The molecule has 0 aliphatic carbocycles. The van der Waals surface area contributed by atoms with E-state index in [0.717, 1.165) is 45.8 Å². The van der Waals surface area contributed by atoms with E-state index in [9.17, 15) is 0 Å². The molecule has 1 aromatic rings. The molecule has 6 heteroatoms. The Morgan fingerprint density at radius 3 is 2.88 bits per heavy atom. The van der Waals surface area contributed by atoms with Gasteiger partial charge in [0.1, 0.15) is 0 Å². The SMILES string of the molecule is CC(C)C(CN=C(N)NCCCN1CCOCC1)c1cccnc1. The van der Waals surface area contributed by atoms with Crippen molar-refractivity contribution in [2.45, 2.75) is 26.2 Å². The molecule has 0 saturated carbocycles. The van der Waals surface area contributed by atoms with Gasteiger partial charge in [-0.25, -0.2) is 0 Å². The maximum Gasteiger partial charge on any atom is 0.188 e. The average Bonchev–Trinajstić information content (AvgIpc) is 2.60. The number of aliphatic imine (C=N–C) groups is 1. The molecule has 1 aliphatic heterocycles. The van der Waals surface area contributed by atoms with Gasteiger partial charge in [0, 0.05) is 44.5 Å². The van der Waals surface area contributed by atoms with Crippen LogP contribution in [0.3, 0.4) is 0 Å². The number of hydrogen-bond acceptors (Lipinski definition) is 4. The highest BCUT2D eigenvalue weighted by atomic mass is 16.5. The van der Waals surface area contributed by atoms with Gasteiger partial charge in [-0.15, -0.1) is 0 Å². The molecular weight excluding hydrogens is 302 g/mol. The van der Waals surface area contributed by atoms with Crippen LogP contribution >= 0.6 is 0 Å². The van der Waals surface area contributed by atoms with Crippen LogP contribution in [0.15, 0.2) is 29.5 Å². The Hall–Kier alpha value is -1.66. The lowest BCUT2D eigenvalue weighted by molar-refractivity contribution is 0.0376. The summed E-state index contributed by atoms with van der Waals surface area (Å²) in [7, 11) is 0. The fraction of sp³-hybridized carbons (Fsp3) is 0.667. The maximum absolute atomic E-state index is 6.01. The zero-order valence-corrected chi connectivity index (χ0v) is 14.9. The second-order valence-corrected chi connectivity index (χ2v) is 6.60. The summed E-state index contributed by atoms with van der Waals surface area (Å²) < 4.78 is 5.35.